The molecule has 4 nitrogen and oxygen atoms in total. The first kappa shape index (κ1) is 14.9. The number of aryl methyl sites for hydroxylation is 1. The Balaban J connectivity index is 2.50. The Morgan fingerprint density at radius 1 is 1.42 bits per heavy atom. The summed E-state index contributed by atoms with van der Waals surface area (Å²) in [7, 11) is 0. The van der Waals surface area contributed by atoms with E-state index in [1.807, 2.05) is 45.9 Å². The minimum atomic E-state index is -0.501. The summed E-state index contributed by atoms with van der Waals surface area (Å²) in [5.41, 5.74) is 7.83. The average Bonchev–Trinajstić information content (AvgIpc) is 2.24. The van der Waals surface area contributed by atoms with Gasteiger partial charge in [0.2, 0.25) is 0 Å². The van der Waals surface area contributed by atoms with Gasteiger partial charge in [0.25, 0.3) is 0 Å². The lowest BCUT2D eigenvalue weighted by Crippen LogP contribution is -2.32. The van der Waals surface area contributed by atoms with E-state index in [9.17, 15) is 4.79 Å². The van der Waals surface area contributed by atoms with Crippen LogP contribution in [-0.4, -0.2) is 18.2 Å². The van der Waals surface area contributed by atoms with Crippen molar-refractivity contribution in [2.24, 2.45) is 0 Å². The van der Waals surface area contributed by atoms with Crippen molar-refractivity contribution >= 4 is 11.8 Å². The summed E-state index contributed by atoms with van der Waals surface area (Å²) in [6.07, 6.45) is -0.473. The molecule has 1 aromatic rings. The number of nitrogen functional groups attached to an aromatic ring is 1. The SMILES string of the molecule is Cc1ccc(C#CCNC(=O)OC(C)(C)C)c(N)c1. The Morgan fingerprint density at radius 2 is 2.11 bits per heavy atom. The third kappa shape index (κ3) is 5.82. The third-order valence-electron chi connectivity index (χ3n) is 2.15. The van der Waals surface area contributed by atoms with E-state index in [1.54, 1.807) is 0 Å². The Morgan fingerprint density at radius 3 is 2.68 bits per heavy atom. The van der Waals surface area contributed by atoms with Crippen molar-refractivity contribution < 1.29 is 9.53 Å². The normalized spacial score (nSPS) is 10.3. The van der Waals surface area contributed by atoms with Crippen LogP contribution in [0.2, 0.25) is 0 Å². The summed E-state index contributed by atoms with van der Waals surface area (Å²) in [5, 5.41) is 2.56. The molecule has 19 heavy (non-hydrogen) atoms. The Labute approximate surface area is 114 Å². The predicted octanol–water partition coefficient (Wildman–Crippen LogP) is 2.45. The molecule has 0 aliphatic carbocycles. The number of hydrogen-bond donors (Lipinski definition) is 2. The van der Waals surface area contributed by atoms with E-state index in [-0.39, 0.29) is 6.54 Å². The van der Waals surface area contributed by atoms with Crippen LogP contribution in [0.5, 0.6) is 0 Å². The second-order valence-corrected chi connectivity index (χ2v) is 5.25. The Bertz CT molecular complexity index is 519. The van der Waals surface area contributed by atoms with E-state index in [1.165, 1.54) is 0 Å². The van der Waals surface area contributed by atoms with E-state index in [2.05, 4.69) is 17.2 Å². The predicted molar refractivity (Wildman–Crippen MR) is 76.7 cm³/mol. The zero-order valence-electron chi connectivity index (χ0n) is 11.8. The van der Waals surface area contributed by atoms with Gasteiger partial charge < -0.3 is 15.8 Å². The number of nitrogens with two attached hydrogens (primary N) is 1. The number of anilines is 1. The second-order valence-electron chi connectivity index (χ2n) is 5.25. The molecule has 0 saturated heterocycles. The van der Waals surface area contributed by atoms with Crippen molar-refractivity contribution in [1.29, 1.82) is 0 Å². The number of alkyl carbamates (subject to hydrolysis) is 1. The van der Waals surface area contributed by atoms with E-state index in [0.717, 1.165) is 11.1 Å². The number of benzene rings is 1. The first-order chi connectivity index (χ1) is 8.78. The van der Waals surface area contributed by atoms with Crippen LogP contribution >= 0.6 is 0 Å². The molecule has 0 aromatic heterocycles. The quantitative estimate of drug-likeness (QED) is 0.602. The monoisotopic (exact) mass is 260 g/mol. The standard InChI is InChI=1S/C15H20N2O2/c1-11-7-8-12(13(16)10-11)6-5-9-17-14(18)19-15(2,3)4/h7-8,10H,9,16H2,1-4H3,(H,17,18). The summed E-state index contributed by atoms with van der Waals surface area (Å²) in [4.78, 5) is 11.4. The van der Waals surface area contributed by atoms with E-state index in [4.69, 9.17) is 10.5 Å². The summed E-state index contributed by atoms with van der Waals surface area (Å²) >= 11 is 0. The third-order valence-corrected chi connectivity index (χ3v) is 2.15. The van der Waals surface area contributed by atoms with Crippen LogP contribution in [0.25, 0.3) is 0 Å². The summed E-state index contributed by atoms with van der Waals surface area (Å²) < 4.78 is 5.09. The van der Waals surface area contributed by atoms with Gasteiger partial charge >= 0.3 is 6.09 Å². The van der Waals surface area contributed by atoms with Gasteiger partial charge in [-0.2, -0.15) is 0 Å². The first-order valence-corrected chi connectivity index (χ1v) is 6.10. The molecule has 3 N–H and O–H groups in total. The molecule has 0 unspecified atom stereocenters. The molecule has 0 aliphatic rings. The molecule has 1 rings (SSSR count). The summed E-state index contributed by atoms with van der Waals surface area (Å²) in [5.74, 6) is 5.75. The van der Waals surface area contributed by atoms with Crippen LogP contribution < -0.4 is 11.1 Å². The van der Waals surface area contributed by atoms with Crippen LogP contribution in [0.1, 0.15) is 31.9 Å². The second kappa shape index (κ2) is 6.14. The fourth-order valence-electron chi connectivity index (χ4n) is 1.37. The lowest BCUT2D eigenvalue weighted by molar-refractivity contribution is 0.0535. The smallest absolute Gasteiger partial charge is 0.408 e. The molecule has 0 saturated carbocycles. The van der Waals surface area contributed by atoms with Crippen molar-refractivity contribution in [2.45, 2.75) is 33.3 Å². The zero-order valence-corrected chi connectivity index (χ0v) is 11.8. The Hall–Kier alpha value is -2.15. The maximum atomic E-state index is 11.4. The number of hydrogen-bond acceptors (Lipinski definition) is 3. The van der Waals surface area contributed by atoms with Gasteiger partial charge in [-0.15, -0.1) is 0 Å². The molecule has 1 aromatic carbocycles. The van der Waals surface area contributed by atoms with Crippen LogP contribution in [0, 0.1) is 18.8 Å². The first-order valence-electron chi connectivity index (χ1n) is 6.10. The molecule has 0 fully saturated rings. The number of nitrogens with one attached hydrogen (secondary N) is 1. The fourth-order valence-corrected chi connectivity index (χ4v) is 1.37. The van der Waals surface area contributed by atoms with Crippen LogP contribution in [0.3, 0.4) is 0 Å². The number of amides is 1. The van der Waals surface area contributed by atoms with Gasteiger partial charge in [0.1, 0.15) is 5.60 Å². The molecule has 0 radical (unpaired) electrons. The zero-order chi connectivity index (χ0) is 14.5. The largest absolute Gasteiger partial charge is 0.444 e. The highest BCUT2D eigenvalue weighted by molar-refractivity contribution is 5.68. The molecule has 1 amide bonds. The van der Waals surface area contributed by atoms with Crippen molar-refractivity contribution in [2.75, 3.05) is 12.3 Å². The van der Waals surface area contributed by atoms with Crippen molar-refractivity contribution in [3.63, 3.8) is 0 Å². The fraction of sp³-hybridized carbons (Fsp3) is 0.400. The highest BCUT2D eigenvalue weighted by Gasteiger charge is 2.14. The maximum Gasteiger partial charge on any atom is 0.408 e. The summed E-state index contributed by atoms with van der Waals surface area (Å²) in [6.45, 7) is 7.63. The molecule has 0 atom stereocenters. The minimum absolute atomic E-state index is 0.224. The lowest BCUT2D eigenvalue weighted by Gasteiger charge is -2.19. The van der Waals surface area contributed by atoms with E-state index in [0.29, 0.717) is 5.69 Å². The van der Waals surface area contributed by atoms with Gasteiger partial charge in [-0.25, -0.2) is 4.79 Å². The maximum absolute atomic E-state index is 11.4. The van der Waals surface area contributed by atoms with Gasteiger partial charge in [0.05, 0.1) is 6.54 Å². The molecule has 0 aliphatic heterocycles. The van der Waals surface area contributed by atoms with Gasteiger partial charge in [-0.05, 0) is 45.4 Å². The van der Waals surface area contributed by atoms with E-state index >= 15 is 0 Å². The van der Waals surface area contributed by atoms with Gasteiger partial charge in [0, 0.05) is 11.3 Å². The number of carbonyl (C=O) groups is 1. The molecule has 4 heteroatoms. The molecule has 0 spiro atoms. The summed E-state index contributed by atoms with van der Waals surface area (Å²) in [6, 6.07) is 5.68. The molecular formula is C15H20N2O2. The highest BCUT2D eigenvalue weighted by atomic mass is 16.6. The molecule has 102 valence electrons. The average molecular weight is 260 g/mol. The van der Waals surface area contributed by atoms with Crippen LogP contribution in [0.4, 0.5) is 10.5 Å². The molecular weight excluding hydrogens is 240 g/mol. The van der Waals surface area contributed by atoms with E-state index < -0.39 is 11.7 Å². The topological polar surface area (TPSA) is 64.3 Å². The van der Waals surface area contributed by atoms with Crippen LogP contribution in [-0.2, 0) is 4.74 Å². The molecule has 0 heterocycles. The van der Waals surface area contributed by atoms with Gasteiger partial charge in [-0.3, -0.25) is 0 Å². The molecule has 0 bridgehead atoms. The minimum Gasteiger partial charge on any atom is -0.444 e. The van der Waals surface area contributed by atoms with Gasteiger partial charge in [-0.1, -0.05) is 17.9 Å². The van der Waals surface area contributed by atoms with Crippen LogP contribution in [0.15, 0.2) is 18.2 Å². The van der Waals surface area contributed by atoms with Crippen molar-refractivity contribution in [1.82, 2.24) is 5.32 Å². The highest BCUT2D eigenvalue weighted by Crippen LogP contribution is 2.11. The lowest BCUT2D eigenvalue weighted by atomic mass is 10.1. The Kier molecular flexibility index (Phi) is 4.82. The number of carbonyl (C=O) groups excluding carboxylic acids is 1. The van der Waals surface area contributed by atoms with Gasteiger partial charge in [0.15, 0.2) is 0 Å². The number of rotatable bonds is 1. The van der Waals surface area contributed by atoms with Crippen molar-refractivity contribution in [3.05, 3.63) is 29.3 Å². The number of ether oxygens (including phenoxy) is 1. The van der Waals surface area contributed by atoms with Crippen molar-refractivity contribution in [3.8, 4) is 11.8 Å².